The fourth-order valence-corrected chi connectivity index (χ4v) is 3.50. The standard InChI is InChI=1S/C24H32ClN3O2/c1-6-17-11-13-18(14-12-17)21(28(4)5)15-26-24(30)22(16(2)3)27-23(29)19-9-7-8-10-20(19)25/h7-14,16,21-22H,6,15H2,1-5H3,(H,26,30)(H,27,29). The van der Waals surface area contributed by atoms with Gasteiger partial charge in [-0.3, -0.25) is 9.59 Å². The SMILES string of the molecule is CCc1ccc(C(CNC(=O)C(NC(=O)c2ccccc2Cl)C(C)C)N(C)C)cc1. The number of benzene rings is 2. The monoisotopic (exact) mass is 429 g/mol. The summed E-state index contributed by atoms with van der Waals surface area (Å²) in [6, 6.07) is 14.6. The fraction of sp³-hybridized carbons (Fsp3) is 0.417. The molecule has 0 saturated carbocycles. The van der Waals surface area contributed by atoms with E-state index < -0.39 is 6.04 Å². The molecule has 0 saturated heterocycles. The summed E-state index contributed by atoms with van der Waals surface area (Å²) in [7, 11) is 3.98. The van der Waals surface area contributed by atoms with E-state index >= 15 is 0 Å². The van der Waals surface area contributed by atoms with E-state index in [1.165, 1.54) is 5.56 Å². The molecule has 2 atom stereocenters. The molecule has 2 aromatic rings. The number of hydrogen-bond acceptors (Lipinski definition) is 3. The van der Waals surface area contributed by atoms with Gasteiger partial charge in [-0.15, -0.1) is 0 Å². The first-order chi connectivity index (χ1) is 14.2. The zero-order valence-corrected chi connectivity index (χ0v) is 19.2. The van der Waals surface area contributed by atoms with E-state index in [1.54, 1.807) is 24.3 Å². The quantitative estimate of drug-likeness (QED) is 0.631. The molecule has 0 spiro atoms. The Bertz CT molecular complexity index is 850. The molecule has 0 heterocycles. The lowest BCUT2D eigenvalue weighted by atomic mass is 10.0. The van der Waals surface area contributed by atoms with Crippen molar-refractivity contribution in [2.75, 3.05) is 20.6 Å². The predicted octanol–water partition coefficient (Wildman–Crippen LogP) is 4.08. The number of likely N-dealkylation sites (N-methyl/N-ethyl adjacent to an activating group) is 1. The van der Waals surface area contributed by atoms with Gasteiger partial charge in [0.1, 0.15) is 6.04 Å². The van der Waals surface area contributed by atoms with Crippen LogP contribution >= 0.6 is 11.6 Å². The molecule has 0 bridgehead atoms. The number of rotatable bonds is 9. The lowest BCUT2D eigenvalue weighted by Crippen LogP contribution is -2.51. The highest BCUT2D eigenvalue weighted by atomic mass is 35.5. The van der Waals surface area contributed by atoms with Crippen molar-refractivity contribution in [1.82, 2.24) is 15.5 Å². The van der Waals surface area contributed by atoms with Crippen molar-refractivity contribution in [2.24, 2.45) is 5.92 Å². The Kier molecular flexibility index (Phi) is 8.88. The normalized spacial score (nSPS) is 13.2. The molecule has 0 fully saturated rings. The van der Waals surface area contributed by atoms with E-state index in [4.69, 9.17) is 11.6 Å². The molecule has 162 valence electrons. The van der Waals surface area contributed by atoms with Gasteiger partial charge in [0.05, 0.1) is 16.6 Å². The van der Waals surface area contributed by atoms with Crippen LogP contribution in [0.2, 0.25) is 5.02 Å². The Morgan fingerprint density at radius 2 is 1.67 bits per heavy atom. The van der Waals surface area contributed by atoms with Crippen molar-refractivity contribution in [3.8, 4) is 0 Å². The van der Waals surface area contributed by atoms with Crippen molar-refractivity contribution >= 4 is 23.4 Å². The van der Waals surface area contributed by atoms with Crippen LogP contribution in [0.1, 0.15) is 48.3 Å². The smallest absolute Gasteiger partial charge is 0.253 e. The zero-order chi connectivity index (χ0) is 22.3. The van der Waals surface area contributed by atoms with Gasteiger partial charge in [0.25, 0.3) is 5.91 Å². The molecule has 0 radical (unpaired) electrons. The number of nitrogens with one attached hydrogen (secondary N) is 2. The van der Waals surface area contributed by atoms with Gasteiger partial charge in [-0.25, -0.2) is 0 Å². The van der Waals surface area contributed by atoms with Crippen molar-refractivity contribution < 1.29 is 9.59 Å². The number of nitrogens with zero attached hydrogens (tertiary/aromatic N) is 1. The minimum Gasteiger partial charge on any atom is -0.352 e. The number of carbonyl (C=O) groups excluding carboxylic acids is 2. The van der Waals surface area contributed by atoms with Gasteiger partial charge in [-0.2, -0.15) is 0 Å². The Morgan fingerprint density at radius 3 is 2.20 bits per heavy atom. The van der Waals surface area contributed by atoms with Crippen molar-refractivity contribution in [1.29, 1.82) is 0 Å². The fourth-order valence-electron chi connectivity index (χ4n) is 3.28. The Balaban J connectivity index is 2.07. The molecule has 2 rings (SSSR count). The molecule has 5 nitrogen and oxygen atoms in total. The summed E-state index contributed by atoms with van der Waals surface area (Å²) in [6.45, 7) is 6.39. The second-order valence-corrected chi connectivity index (χ2v) is 8.40. The Labute approximate surface area is 184 Å². The van der Waals surface area contributed by atoms with Gasteiger partial charge in [0.15, 0.2) is 0 Å². The zero-order valence-electron chi connectivity index (χ0n) is 18.4. The molecule has 2 unspecified atom stereocenters. The minimum absolute atomic E-state index is 0.0342. The van der Waals surface area contributed by atoms with E-state index in [-0.39, 0.29) is 23.8 Å². The summed E-state index contributed by atoms with van der Waals surface area (Å²) in [5.41, 5.74) is 2.78. The lowest BCUT2D eigenvalue weighted by Gasteiger charge is -2.27. The summed E-state index contributed by atoms with van der Waals surface area (Å²) in [5, 5.41) is 6.21. The van der Waals surface area contributed by atoms with Crippen LogP contribution in [-0.4, -0.2) is 43.4 Å². The van der Waals surface area contributed by atoms with Crippen LogP contribution in [0, 0.1) is 5.92 Å². The summed E-state index contributed by atoms with van der Waals surface area (Å²) in [6.07, 6.45) is 0.991. The lowest BCUT2D eigenvalue weighted by molar-refractivity contribution is -0.124. The highest BCUT2D eigenvalue weighted by Crippen LogP contribution is 2.19. The summed E-state index contributed by atoms with van der Waals surface area (Å²) in [5.74, 6) is -0.630. The predicted molar refractivity (Wildman–Crippen MR) is 123 cm³/mol. The third-order valence-electron chi connectivity index (χ3n) is 5.22. The first-order valence-corrected chi connectivity index (χ1v) is 10.7. The maximum Gasteiger partial charge on any atom is 0.253 e. The van der Waals surface area contributed by atoms with Crippen LogP contribution in [-0.2, 0) is 11.2 Å². The van der Waals surface area contributed by atoms with Gasteiger partial charge < -0.3 is 15.5 Å². The molecular weight excluding hydrogens is 398 g/mol. The van der Waals surface area contributed by atoms with Crippen LogP contribution in [0.5, 0.6) is 0 Å². The molecular formula is C24H32ClN3O2. The van der Waals surface area contributed by atoms with E-state index in [0.717, 1.165) is 12.0 Å². The van der Waals surface area contributed by atoms with E-state index in [2.05, 4.69) is 46.7 Å². The molecule has 2 N–H and O–H groups in total. The minimum atomic E-state index is -0.654. The molecule has 2 aromatic carbocycles. The molecule has 30 heavy (non-hydrogen) atoms. The Morgan fingerprint density at radius 1 is 1.03 bits per heavy atom. The van der Waals surface area contributed by atoms with E-state index in [9.17, 15) is 9.59 Å². The summed E-state index contributed by atoms with van der Waals surface area (Å²) < 4.78 is 0. The summed E-state index contributed by atoms with van der Waals surface area (Å²) >= 11 is 6.12. The molecule has 0 aromatic heterocycles. The Hall–Kier alpha value is -2.37. The van der Waals surface area contributed by atoms with Crippen molar-refractivity contribution in [3.63, 3.8) is 0 Å². The number of aryl methyl sites for hydroxylation is 1. The number of amides is 2. The molecule has 2 amide bonds. The average molecular weight is 430 g/mol. The van der Waals surface area contributed by atoms with E-state index in [1.807, 2.05) is 27.9 Å². The first kappa shape index (κ1) is 23.9. The highest BCUT2D eigenvalue weighted by molar-refractivity contribution is 6.33. The van der Waals surface area contributed by atoms with Crippen LogP contribution in [0.3, 0.4) is 0 Å². The largest absolute Gasteiger partial charge is 0.352 e. The number of hydrogen-bond donors (Lipinski definition) is 2. The van der Waals surface area contributed by atoms with Crippen LogP contribution in [0.4, 0.5) is 0 Å². The maximum absolute atomic E-state index is 12.9. The molecule has 0 aliphatic heterocycles. The van der Waals surface area contributed by atoms with Gasteiger partial charge in [0, 0.05) is 6.54 Å². The molecule has 6 heteroatoms. The van der Waals surface area contributed by atoms with Crippen molar-refractivity contribution in [3.05, 3.63) is 70.2 Å². The van der Waals surface area contributed by atoms with E-state index in [0.29, 0.717) is 17.1 Å². The number of carbonyl (C=O) groups is 2. The van der Waals surface area contributed by atoms with Gasteiger partial charge in [-0.1, -0.05) is 68.8 Å². The second kappa shape index (κ2) is 11.1. The second-order valence-electron chi connectivity index (χ2n) is 7.99. The molecule has 0 aliphatic rings. The summed E-state index contributed by atoms with van der Waals surface area (Å²) in [4.78, 5) is 27.6. The number of halogens is 1. The van der Waals surface area contributed by atoms with Crippen LogP contribution < -0.4 is 10.6 Å². The average Bonchev–Trinajstić information content (AvgIpc) is 2.72. The topological polar surface area (TPSA) is 61.4 Å². The van der Waals surface area contributed by atoms with Gasteiger partial charge >= 0.3 is 0 Å². The third kappa shape index (κ3) is 6.31. The van der Waals surface area contributed by atoms with Gasteiger partial charge in [0.2, 0.25) is 5.91 Å². The van der Waals surface area contributed by atoms with Crippen LogP contribution in [0.15, 0.2) is 48.5 Å². The highest BCUT2D eigenvalue weighted by Gasteiger charge is 2.26. The van der Waals surface area contributed by atoms with Crippen LogP contribution in [0.25, 0.3) is 0 Å². The first-order valence-electron chi connectivity index (χ1n) is 10.3. The molecule has 0 aliphatic carbocycles. The third-order valence-corrected chi connectivity index (χ3v) is 5.55. The maximum atomic E-state index is 12.9. The van der Waals surface area contributed by atoms with Crippen molar-refractivity contribution in [2.45, 2.75) is 39.3 Å². The van der Waals surface area contributed by atoms with Gasteiger partial charge in [-0.05, 0) is 49.7 Å².